The second-order valence-corrected chi connectivity index (χ2v) is 8.39. The number of anilines is 1. The molecular formula is C24H25N3O6S. The lowest BCUT2D eigenvalue weighted by molar-refractivity contribution is -0.127. The lowest BCUT2D eigenvalue weighted by Gasteiger charge is -2.10. The lowest BCUT2D eigenvalue weighted by atomic mass is 10.2. The van der Waals surface area contributed by atoms with E-state index in [0.29, 0.717) is 34.3 Å². The van der Waals surface area contributed by atoms with E-state index in [-0.39, 0.29) is 24.8 Å². The number of rotatable bonds is 8. The first kappa shape index (κ1) is 25.0. The molecule has 3 rings (SSSR count). The molecule has 1 fully saturated rings. The van der Waals surface area contributed by atoms with E-state index in [2.05, 4.69) is 10.3 Å². The first-order valence-electron chi connectivity index (χ1n) is 10.7. The molecule has 0 radical (unpaired) electrons. The van der Waals surface area contributed by atoms with E-state index in [9.17, 15) is 19.2 Å². The third-order valence-electron chi connectivity index (χ3n) is 4.79. The van der Waals surface area contributed by atoms with Gasteiger partial charge in [-0.1, -0.05) is 11.8 Å². The molecule has 2 aromatic carbocycles. The standard InChI is InChI=1S/C24H25N3O6S/c1-4-32-22(30)15-6-10-17(11-7-15)25-20(28)14-19-21(29)27(3)24(34-19)26-18-12-8-16(9-13-18)23(31)33-5-2/h6-13,19H,4-5,14H2,1-3H3,(H,25,28)/t19-/m1/s1. The number of esters is 2. The van der Waals surface area contributed by atoms with Crippen LogP contribution in [0.15, 0.2) is 53.5 Å². The van der Waals surface area contributed by atoms with Crippen LogP contribution in [0.25, 0.3) is 0 Å². The van der Waals surface area contributed by atoms with E-state index in [1.165, 1.54) is 16.7 Å². The average molecular weight is 484 g/mol. The van der Waals surface area contributed by atoms with Crippen molar-refractivity contribution in [2.24, 2.45) is 4.99 Å². The van der Waals surface area contributed by atoms with Gasteiger partial charge >= 0.3 is 11.9 Å². The third kappa shape index (κ3) is 6.22. The second kappa shape index (κ2) is 11.5. The van der Waals surface area contributed by atoms with E-state index < -0.39 is 17.2 Å². The second-order valence-electron chi connectivity index (χ2n) is 7.22. The summed E-state index contributed by atoms with van der Waals surface area (Å²) >= 11 is 1.20. The molecule has 2 aromatic rings. The van der Waals surface area contributed by atoms with Crippen LogP contribution in [0.1, 0.15) is 41.0 Å². The first-order valence-corrected chi connectivity index (χ1v) is 11.6. The van der Waals surface area contributed by atoms with Crippen molar-refractivity contribution in [3.63, 3.8) is 0 Å². The predicted octanol–water partition coefficient (Wildman–Crippen LogP) is 3.63. The largest absolute Gasteiger partial charge is 0.462 e. The number of nitrogens with one attached hydrogen (secondary N) is 1. The molecule has 0 saturated carbocycles. The molecule has 2 amide bonds. The van der Waals surface area contributed by atoms with Gasteiger partial charge in [-0.15, -0.1) is 0 Å². The van der Waals surface area contributed by atoms with Gasteiger partial charge in [-0.05, 0) is 62.4 Å². The van der Waals surface area contributed by atoms with Gasteiger partial charge in [-0.3, -0.25) is 14.5 Å². The van der Waals surface area contributed by atoms with Gasteiger partial charge in [0, 0.05) is 19.2 Å². The first-order chi connectivity index (χ1) is 16.3. The molecule has 0 spiro atoms. The average Bonchev–Trinajstić information content (AvgIpc) is 3.08. The minimum Gasteiger partial charge on any atom is -0.462 e. The molecule has 9 nitrogen and oxygen atoms in total. The monoisotopic (exact) mass is 483 g/mol. The van der Waals surface area contributed by atoms with Crippen molar-refractivity contribution >= 4 is 52.1 Å². The van der Waals surface area contributed by atoms with Crippen LogP contribution in [0.4, 0.5) is 11.4 Å². The van der Waals surface area contributed by atoms with Crippen LogP contribution >= 0.6 is 11.8 Å². The molecule has 0 unspecified atom stereocenters. The Bertz CT molecular complexity index is 1100. The molecule has 1 aliphatic heterocycles. The van der Waals surface area contributed by atoms with Gasteiger partial charge in [0.25, 0.3) is 0 Å². The number of amidine groups is 1. The zero-order chi connectivity index (χ0) is 24.7. The van der Waals surface area contributed by atoms with E-state index in [4.69, 9.17) is 9.47 Å². The van der Waals surface area contributed by atoms with Crippen molar-refractivity contribution in [1.82, 2.24) is 4.90 Å². The van der Waals surface area contributed by atoms with Crippen molar-refractivity contribution in [1.29, 1.82) is 0 Å². The van der Waals surface area contributed by atoms with Crippen LogP contribution in [0.5, 0.6) is 0 Å². The fourth-order valence-electron chi connectivity index (χ4n) is 3.08. The molecule has 1 N–H and O–H groups in total. The number of hydrogen-bond donors (Lipinski definition) is 1. The van der Waals surface area contributed by atoms with Crippen molar-refractivity contribution in [3.8, 4) is 0 Å². The van der Waals surface area contributed by atoms with Crippen molar-refractivity contribution < 1.29 is 28.7 Å². The van der Waals surface area contributed by atoms with Gasteiger partial charge in [0.2, 0.25) is 11.8 Å². The summed E-state index contributed by atoms with van der Waals surface area (Å²) in [6.07, 6.45) is -0.0334. The highest BCUT2D eigenvalue weighted by molar-refractivity contribution is 8.15. The van der Waals surface area contributed by atoms with Gasteiger partial charge in [-0.2, -0.15) is 0 Å². The molecule has 178 valence electrons. The Morgan fingerprint density at radius 3 is 2.00 bits per heavy atom. The molecule has 0 aliphatic carbocycles. The minimum atomic E-state index is -0.610. The third-order valence-corrected chi connectivity index (χ3v) is 6.02. The number of amides is 2. The molecule has 1 heterocycles. The fourth-order valence-corrected chi connectivity index (χ4v) is 4.23. The van der Waals surface area contributed by atoms with Crippen LogP contribution in [-0.2, 0) is 19.1 Å². The van der Waals surface area contributed by atoms with E-state index in [1.807, 2.05) is 0 Å². The number of benzene rings is 2. The highest BCUT2D eigenvalue weighted by Crippen LogP contribution is 2.31. The van der Waals surface area contributed by atoms with Crippen LogP contribution in [0.3, 0.4) is 0 Å². The number of ether oxygens (including phenoxy) is 2. The highest BCUT2D eigenvalue weighted by Gasteiger charge is 2.37. The smallest absolute Gasteiger partial charge is 0.338 e. The molecule has 10 heteroatoms. The Morgan fingerprint density at radius 2 is 1.47 bits per heavy atom. The van der Waals surface area contributed by atoms with Gasteiger partial charge in [0.1, 0.15) is 5.25 Å². The Hall–Kier alpha value is -3.66. The number of carbonyl (C=O) groups excluding carboxylic acids is 4. The summed E-state index contributed by atoms with van der Waals surface area (Å²) < 4.78 is 9.90. The lowest BCUT2D eigenvalue weighted by Crippen LogP contribution is -2.30. The molecule has 1 atom stereocenters. The maximum atomic E-state index is 12.6. The van der Waals surface area contributed by atoms with Gasteiger partial charge in [0.15, 0.2) is 5.17 Å². The fraction of sp³-hybridized carbons (Fsp3) is 0.292. The number of hydrogen-bond acceptors (Lipinski definition) is 8. The van der Waals surface area contributed by atoms with Gasteiger partial charge < -0.3 is 14.8 Å². The summed E-state index contributed by atoms with van der Waals surface area (Å²) in [4.78, 5) is 54.5. The summed E-state index contributed by atoms with van der Waals surface area (Å²) in [5.74, 6) is -1.40. The van der Waals surface area contributed by atoms with Crippen LogP contribution in [0.2, 0.25) is 0 Å². The topological polar surface area (TPSA) is 114 Å². The Balaban J connectivity index is 1.60. The molecule has 0 bridgehead atoms. The Kier molecular flexibility index (Phi) is 8.42. The maximum Gasteiger partial charge on any atom is 0.338 e. The van der Waals surface area contributed by atoms with Gasteiger partial charge in [-0.25, -0.2) is 14.6 Å². The summed E-state index contributed by atoms with van der Waals surface area (Å²) in [5, 5.41) is 2.59. The summed E-state index contributed by atoms with van der Waals surface area (Å²) in [7, 11) is 1.60. The van der Waals surface area contributed by atoms with Crippen molar-refractivity contribution in [3.05, 3.63) is 59.7 Å². The van der Waals surface area contributed by atoms with Crippen LogP contribution in [-0.4, -0.2) is 59.3 Å². The predicted molar refractivity (Wildman–Crippen MR) is 129 cm³/mol. The molecule has 34 heavy (non-hydrogen) atoms. The molecule has 1 saturated heterocycles. The normalized spacial score (nSPS) is 16.4. The summed E-state index contributed by atoms with van der Waals surface area (Å²) in [6, 6.07) is 12.9. The SMILES string of the molecule is CCOC(=O)c1ccc(N=C2S[C@H](CC(=O)Nc3ccc(C(=O)OCC)cc3)C(=O)N2C)cc1. The summed E-state index contributed by atoms with van der Waals surface area (Å²) in [5.41, 5.74) is 1.89. The van der Waals surface area contributed by atoms with Crippen LogP contribution in [0, 0.1) is 0 Å². The zero-order valence-corrected chi connectivity index (χ0v) is 19.9. The van der Waals surface area contributed by atoms with E-state index in [0.717, 1.165) is 0 Å². The van der Waals surface area contributed by atoms with Crippen molar-refractivity contribution in [2.45, 2.75) is 25.5 Å². The molecular weight excluding hydrogens is 458 g/mol. The zero-order valence-electron chi connectivity index (χ0n) is 19.1. The van der Waals surface area contributed by atoms with Gasteiger partial charge in [0.05, 0.1) is 30.0 Å². The number of nitrogens with zero attached hydrogens (tertiary/aromatic N) is 2. The summed E-state index contributed by atoms with van der Waals surface area (Å²) in [6.45, 7) is 4.04. The van der Waals surface area contributed by atoms with E-state index in [1.54, 1.807) is 69.4 Å². The molecule has 0 aromatic heterocycles. The van der Waals surface area contributed by atoms with E-state index >= 15 is 0 Å². The number of aliphatic imine (C=N–C) groups is 1. The Labute approximate surface area is 201 Å². The highest BCUT2D eigenvalue weighted by atomic mass is 32.2. The molecule has 1 aliphatic rings. The number of thioether (sulfide) groups is 1. The number of carbonyl (C=O) groups is 4. The van der Waals surface area contributed by atoms with Crippen molar-refractivity contribution in [2.75, 3.05) is 25.6 Å². The Morgan fingerprint density at radius 1 is 0.941 bits per heavy atom. The minimum absolute atomic E-state index is 0.0334. The van der Waals surface area contributed by atoms with Crippen LogP contribution < -0.4 is 5.32 Å². The quantitative estimate of drug-likeness (QED) is 0.570. The maximum absolute atomic E-state index is 12.6.